The summed E-state index contributed by atoms with van der Waals surface area (Å²) in [7, 11) is 0. The average Bonchev–Trinajstić information content (AvgIpc) is 2.53. The van der Waals surface area contributed by atoms with Crippen LogP contribution < -0.4 is 10.6 Å². The Balaban J connectivity index is 2.45. The van der Waals surface area contributed by atoms with Gasteiger partial charge in [-0.15, -0.1) is 0 Å². The highest BCUT2D eigenvalue weighted by molar-refractivity contribution is 6.33. The summed E-state index contributed by atoms with van der Waals surface area (Å²) in [5.41, 5.74) is 9.63. The van der Waals surface area contributed by atoms with Gasteiger partial charge in [0.2, 0.25) is 0 Å². The average molecular weight is 267 g/mol. The van der Waals surface area contributed by atoms with Gasteiger partial charge in [0, 0.05) is 12.1 Å². The molecule has 0 bridgehead atoms. The van der Waals surface area contributed by atoms with E-state index in [1.807, 2.05) is 0 Å². The third-order valence-corrected chi connectivity index (χ3v) is 4.64. The van der Waals surface area contributed by atoms with Gasteiger partial charge in [0.15, 0.2) is 0 Å². The Kier molecular flexibility index (Phi) is 3.61. The molecule has 0 amide bonds. The Bertz CT molecular complexity index is 431. The molecule has 1 aliphatic rings. The lowest BCUT2D eigenvalue weighted by atomic mass is 9.88. The molecule has 3 heteroatoms. The molecule has 1 fully saturated rings. The molecule has 1 heterocycles. The van der Waals surface area contributed by atoms with E-state index in [0.29, 0.717) is 5.92 Å². The number of benzene rings is 1. The minimum absolute atomic E-state index is 0.0818. The normalized spacial score (nSPS) is 22.6. The highest BCUT2D eigenvalue weighted by Gasteiger charge is 2.41. The number of hydrogen-bond acceptors (Lipinski definition) is 2. The fourth-order valence-corrected chi connectivity index (χ4v) is 3.63. The van der Waals surface area contributed by atoms with Crippen LogP contribution in [0.15, 0.2) is 12.1 Å². The van der Waals surface area contributed by atoms with E-state index < -0.39 is 0 Å². The third kappa shape index (κ3) is 2.12. The fraction of sp³-hybridized carbons (Fsp3) is 0.600. The molecule has 1 saturated heterocycles. The minimum atomic E-state index is 0.0818. The van der Waals surface area contributed by atoms with Crippen molar-refractivity contribution in [1.29, 1.82) is 0 Å². The Morgan fingerprint density at radius 1 is 1.39 bits per heavy atom. The first-order valence-electron chi connectivity index (χ1n) is 6.62. The zero-order chi connectivity index (χ0) is 13.5. The Hall–Kier alpha value is -0.730. The van der Waals surface area contributed by atoms with Gasteiger partial charge in [-0.3, -0.25) is 0 Å². The molecule has 1 aromatic carbocycles. The molecule has 0 radical (unpaired) electrons. The van der Waals surface area contributed by atoms with Gasteiger partial charge in [-0.05, 0) is 63.8 Å². The van der Waals surface area contributed by atoms with E-state index in [-0.39, 0.29) is 5.54 Å². The first-order chi connectivity index (χ1) is 8.37. The number of halogens is 1. The molecule has 2 rings (SSSR count). The molecule has 1 unspecified atom stereocenters. The summed E-state index contributed by atoms with van der Waals surface area (Å²) in [6.45, 7) is 10.5. The summed E-state index contributed by atoms with van der Waals surface area (Å²) in [5.74, 6) is 0.536. The van der Waals surface area contributed by atoms with Crippen molar-refractivity contribution in [3.05, 3.63) is 28.3 Å². The van der Waals surface area contributed by atoms with Gasteiger partial charge in [-0.2, -0.15) is 0 Å². The standard InChI is InChI=1S/C15H23ClN2/c1-10-7-11(2)14(13(16)8-10)18-6-5-12(9-17)15(18,3)4/h7-8,12H,5-6,9,17H2,1-4H3. The van der Waals surface area contributed by atoms with Crippen molar-refractivity contribution < 1.29 is 0 Å². The largest absolute Gasteiger partial charge is 0.365 e. The smallest absolute Gasteiger partial charge is 0.0645 e. The fourth-order valence-electron chi connectivity index (χ4n) is 3.20. The molecule has 0 spiro atoms. The van der Waals surface area contributed by atoms with Crippen molar-refractivity contribution in [3.8, 4) is 0 Å². The van der Waals surface area contributed by atoms with E-state index >= 15 is 0 Å². The van der Waals surface area contributed by atoms with Crippen molar-refractivity contribution in [2.24, 2.45) is 11.7 Å². The number of nitrogens with zero attached hydrogens (tertiary/aromatic N) is 1. The highest BCUT2D eigenvalue weighted by atomic mass is 35.5. The molecule has 18 heavy (non-hydrogen) atoms. The molecule has 0 aromatic heterocycles. The first-order valence-corrected chi connectivity index (χ1v) is 7.00. The van der Waals surface area contributed by atoms with Gasteiger partial charge in [0.05, 0.1) is 10.7 Å². The van der Waals surface area contributed by atoms with Gasteiger partial charge in [0.25, 0.3) is 0 Å². The lowest BCUT2D eigenvalue weighted by Crippen LogP contribution is -2.45. The quantitative estimate of drug-likeness (QED) is 0.888. The van der Waals surface area contributed by atoms with E-state index in [4.69, 9.17) is 17.3 Å². The number of nitrogens with two attached hydrogens (primary N) is 1. The second kappa shape index (κ2) is 4.75. The summed E-state index contributed by atoms with van der Waals surface area (Å²) in [6, 6.07) is 4.25. The van der Waals surface area contributed by atoms with E-state index in [2.05, 4.69) is 44.7 Å². The first kappa shape index (κ1) is 13.7. The maximum absolute atomic E-state index is 6.46. The van der Waals surface area contributed by atoms with Crippen LogP contribution in [-0.2, 0) is 0 Å². The minimum Gasteiger partial charge on any atom is -0.365 e. The number of hydrogen-bond donors (Lipinski definition) is 1. The number of rotatable bonds is 2. The van der Waals surface area contributed by atoms with E-state index in [1.165, 1.54) is 16.8 Å². The topological polar surface area (TPSA) is 29.3 Å². The second-order valence-corrected chi connectivity index (χ2v) is 6.35. The third-order valence-electron chi connectivity index (χ3n) is 4.35. The zero-order valence-corrected chi connectivity index (χ0v) is 12.5. The zero-order valence-electron chi connectivity index (χ0n) is 11.8. The van der Waals surface area contributed by atoms with Crippen LogP contribution in [0.5, 0.6) is 0 Å². The molecular formula is C15H23ClN2. The molecule has 2 N–H and O–H groups in total. The van der Waals surface area contributed by atoms with Crippen molar-refractivity contribution in [2.45, 2.75) is 39.7 Å². The van der Waals surface area contributed by atoms with Crippen LogP contribution in [0.25, 0.3) is 0 Å². The Morgan fingerprint density at radius 3 is 2.56 bits per heavy atom. The predicted molar refractivity (Wildman–Crippen MR) is 79.5 cm³/mol. The molecule has 1 aliphatic heterocycles. The van der Waals surface area contributed by atoms with Gasteiger partial charge >= 0.3 is 0 Å². The van der Waals surface area contributed by atoms with Crippen LogP contribution in [0.4, 0.5) is 5.69 Å². The molecule has 1 aromatic rings. The van der Waals surface area contributed by atoms with Crippen molar-refractivity contribution in [1.82, 2.24) is 0 Å². The number of aryl methyl sites for hydroxylation is 2. The van der Waals surface area contributed by atoms with Crippen LogP contribution in [0.3, 0.4) is 0 Å². The van der Waals surface area contributed by atoms with Gasteiger partial charge in [0.1, 0.15) is 0 Å². The van der Waals surface area contributed by atoms with Crippen LogP contribution in [0, 0.1) is 19.8 Å². The van der Waals surface area contributed by atoms with Crippen molar-refractivity contribution >= 4 is 17.3 Å². The lowest BCUT2D eigenvalue weighted by molar-refractivity contribution is 0.373. The molecule has 2 nitrogen and oxygen atoms in total. The van der Waals surface area contributed by atoms with E-state index in [9.17, 15) is 0 Å². The van der Waals surface area contributed by atoms with Crippen molar-refractivity contribution in [2.75, 3.05) is 18.0 Å². The summed E-state index contributed by atoms with van der Waals surface area (Å²) in [4.78, 5) is 2.43. The Morgan fingerprint density at radius 2 is 2.06 bits per heavy atom. The molecular weight excluding hydrogens is 244 g/mol. The number of anilines is 1. The lowest BCUT2D eigenvalue weighted by Gasteiger charge is -2.38. The predicted octanol–water partition coefficient (Wildman–Crippen LogP) is 3.52. The van der Waals surface area contributed by atoms with Gasteiger partial charge in [-0.25, -0.2) is 0 Å². The van der Waals surface area contributed by atoms with Crippen LogP contribution in [0.1, 0.15) is 31.4 Å². The summed E-state index contributed by atoms with van der Waals surface area (Å²) in [5, 5.41) is 0.859. The Labute approximate surface area is 115 Å². The molecule has 0 aliphatic carbocycles. The molecule has 0 saturated carbocycles. The van der Waals surface area contributed by atoms with Crippen LogP contribution in [0.2, 0.25) is 5.02 Å². The van der Waals surface area contributed by atoms with Gasteiger partial charge in [-0.1, -0.05) is 17.7 Å². The summed E-state index contributed by atoms with van der Waals surface area (Å²) < 4.78 is 0. The highest BCUT2D eigenvalue weighted by Crippen LogP contribution is 2.42. The maximum Gasteiger partial charge on any atom is 0.0645 e. The van der Waals surface area contributed by atoms with E-state index in [1.54, 1.807) is 0 Å². The summed E-state index contributed by atoms with van der Waals surface area (Å²) in [6.07, 6.45) is 1.15. The monoisotopic (exact) mass is 266 g/mol. The molecule has 100 valence electrons. The van der Waals surface area contributed by atoms with Crippen molar-refractivity contribution in [3.63, 3.8) is 0 Å². The van der Waals surface area contributed by atoms with Gasteiger partial charge < -0.3 is 10.6 Å². The SMILES string of the molecule is Cc1cc(C)c(N2CCC(CN)C2(C)C)c(Cl)c1. The summed E-state index contributed by atoms with van der Waals surface area (Å²) >= 11 is 6.46. The van der Waals surface area contributed by atoms with Crippen LogP contribution in [-0.4, -0.2) is 18.6 Å². The van der Waals surface area contributed by atoms with E-state index in [0.717, 1.165) is 24.5 Å². The maximum atomic E-state index is 6.46. The molecule has 1 atom stereocenters. The van der Waals surface area contributed by atoms with Crippen LogP contribution >= 0.6 is 11.6 Å². The second-order valence-electron chi connectivity index (χ2n) is 5.94.